The van der Waals surface area contributed by atoms with Gasteiger partial charge in [0, 0.05) is 17.1 Å². The molecule has 0 nitrogen and oxygen atoms in total. The molecule has 1 radical (unpaired) electrons. The molecule has 4 heteroatoms. The Bertz CT molecular complexity index is 3.25. The van der Waals surface area contributed by atoms with E-state index >= 15 is 0 Å². The van der Waals surface area contributed by atoms with E-state index < -0.39 is 0 Å². The Hall–Kier alpha value is 1.39. The van der Waals surface area contributed by atoms with Gasteiger partial charge in [-0.15, -0.1) is 0 Å². The van der Waals surface area contributed by atoms with Gasteiger partial charge < -0.3 is 37.2 Å². The average Bonchev–Trinajstić information content (AvgIpc) is 0. The van der Waals surface area contributed by atoms with E-state index in [1.165, 1.54) is 0 Å². The van der Waals surface area contributed by atoms with Crippen molar-refractivity contribution in [3.05, 3.63) is 0 Å². The molecule has 0 aromatic carbocycles. The van der Waals surface area contributed by atoms with E-state index in [4.69, 9.17) is 0 Å². The summed E-state index contributed by atoms with van der Waals surface area (Å²) >= 11 is 0. The van der Waals surface area contributed by atoms with Gasteiger partial charge in [-0.3, -0.25) is 0 Å². The zero-order valence-corrected chi connectivity index (χ0v) is 4.64. The fourth-order valence-electron chi connectivity index (χ4n) is 0. The topological polar surface area (TPSA) is 0 Å². The summed E-state index contributed by atoms with van der Waals surface area (Å²) < 4.78 is 0. The molecule has 0 aliphatic rings. The zero-order chi connectivity index (χ0) is 0. The first kappa shape index (κ1) is 53.8. The van der Waals surface area contributed by atoms with Gasteiger partial charge in [0.25, 0.3) is 0 Å². The molecule has 0 rings (SSSR count). The summed E-state index contributed by atoms with van der Waals surface area (Å²) in [6.07, 6.45) is 0. The van der Waals surface area contributed by atoms with E-state index in [1.54, 1.807) is 0 Å². The minimum Gasteiger partial charge on any atom is -1.00 e. The maximum absolute atomic E-state index is 0. The summed E-state index contributed by atoms with van der Waals surface area (Å²) in [5, 5.41) is 0. The first-order valence-electron chi connectivity index (χ1n) is 0. The van der Waals surface area contributed by atoms with Crippen molar-refractivity contribution in [3.8, 4) is 0 Å². The number of hydrogen-bond donors (Lipinski definition) is 0. The third kappa shape index (κ3) is 10.0. The van der Waals surface area contributed by atoms with Gasteiger partial charge in [0.05, 0.1) is 0 Å². The van der Waals surface area contributed by atoms with Gasteiger partial charge in [-0.1, -0.05) is 0 Å². The number of hydrogen-bond acceptors (Lipinski definition) is 0. The van der Waals surface area contributed by atoms with E-state index in [9.17, 15) is 0 Å². The van der Waals surface area contributed by atoms with Gasteiger partial charge in [-0.2, -0.15) is 0 Å². The fraction of sp³-hybridized carbons (Fsp3) is 0. The summed E-state index contributed by atoms with van der Waals surface area (Å²) in [7, 11) is 0. The van der Waals surface area contributed by atoms with Crippen molar-refractivity contribution in [2.45, 2.75) is 0 Å². The van der Waals surface area contributed by atoms with Crippen molar-refractivity contribution in [2.75, 3.05) is 0 Å². The smallest absolute Gasteiger partial charge is 0 e. The quantitative estimate of drug-likeness (QED) is 0.317. The molecule has 0 heterocycles. The molecule has 0 bridgehead atoms. The van der Waals surface area contributed by atoms with Crippen LogP contribution in [0, 0.1) is 0 Å². The Balaban J connectivity index is 0. The Morgan fingerprint density at radius 1 is 0.500 bits per heavy atom. The molecular weight excluding hydrogens is 170 g/mol. The second-order valence-electron chi connectivity index (χ2n) is 0. The average molecular weight is 170 g/mol. The van der Waals surface area contributed by atoms with E-state index in [-0.39, 0.29) is 54.3 Å². The molecule has 0 fully saturated rings. The molecule has 0 aliphatic heterocycles. The summed E-state index contributed by atoms with van der Waals surface area (Å²) in [5.41, 5.74) is 0. The van der Waals surface area contributed by atoms with Gasteiger partial charge in [0.15, 0.2) is 0 Å². The third-order valence-electron chi connectivity index (χ3n) is 0. The summed E-state index contributed by atoms with van der Waals surface area (Å²) in [6.45, 7) is 0. The molecule has 0 atom stereocenters. The second-order valence-corrected chi connectivity index (χ2v) is 0. The molecule has 0 saturated heterocycles. The van der Waals surface area contributed by atoms with Gasteiger partial charge in [0.2, 0.25) is 0 Å². The predicted molar refractivity (Wildman–Crippen MR) is 0 cm³/mol. The molecular formula is Cl3Cu-3. The minimum absolute atomic E-state index is 0. The van der Waals surface area contributed by atoms with Crippen LogP contribution in [0.15, 0.2) is 0 Å². The standard InChI is InChI=1S/3ClH.Cu/h3*1H;/p-3. The van der Waals surface area contributed by atoms with Gasteiger partial charge >= 0.3 is 0 Å². The Morgan fingerprint density at radius 2 is 0.500 bits per heavy atom. The maximum atomic E-state index is 0. The maximum Gasteiger partial charge on any atom is 0 e. The number of halogens is 3. The van der Waals surface area contributed by atoms with Crippen molar-refractivity contribution in [2.24, 2.45) is 0 Å². The second kappa shape index (κ2) is 26.1. The number of rotatable bonds is 0. The first-order valence-corrected chi connectivity index (χ1v) is 0. The van der Waals surface area contributed by atoms with Crippen molar-refractivity contribution in [1.29, 1.82) is 0 Å². The van der Waals surface area contributed by atoms with Crippen LogP contribution in [-0.2, 0) is 17.1 Å². The normalized spacial score (nSPS) is 0. The largest absolute Gasteiger partial charge is 1.00 e. The van der Waals surface area contributed by atoms with Crippen LogP contribution < -0.4 is 37.2 Å². The fourth-order valence-corrected chi connectivity index (χ4v) is 0. The van der Waals surface area contributed by atoms with Crippen molar-refractivity contribution >= 4 is 0 Å². The van der Waals surface area contributed by atoms with Crippen molar-refractivity contribution in [1.82, 2.24) is 0 Å². The monoisotopic (exact) mass is 168 g/mol. The van der Waals surface area contributed by atoms with Gasteiger partial charge in [-0.25, -0.2) is 0 Å². The summed E-state index contributed by atoms with van der Waals surface area (Å²) in [5.74, 6) is 0. The Kier molecular flexibility index (Phi) is 351. The molecule has 0 aliphatic carbocycles. The summed E-state index contributed by atoms with van der Waals surface area (Å²) in [4.78, 5) is 0. The van der Waals surface area contributed by atoms with Crippen LogP contribution in [0.5, 0.6) is 0 Å². The molecule has 0 amide bonds. The van der Waals surface area contributed by atoms with Crippen LogP contribution in [0.2, 0.25) is 0 Å². The molecule has 0 unspecified atom stereocenters. The van der Waals surface area contributed by atoms with E-state index in [1.807, 2.05) is 0 Å². The van der Waals surface area contributed by atoms with Gasteiger partial charge in [-0.05, 0) is 0 Å². The predicted octanol–water partition coefficient (Wildman–Crippen LogP) is -8.99. The van der Waals surface area contributed by atoms with E-state index in [0.717, 1.165) is 0 Å². The Morgan fingerprint density at radius 3 is 0.500 bits per heavy atom. The molecule has 35 valence electrons. The molecule has 0 N–H and O–H groups in total. The third-order valence-corrected chi connectivity index (χ3v) is 0. The zero-order valence-electron chi connectivity index (χ0n) is 1.44. The molecule has 0 saturated carbocycles. The van der Waals surface area contributed by atoms with Crippen LogP contribution in [0.3, 0.4) is 0 Å². The van der Waals surface area contributed by atoms with Gasteiger partial charge in [0.1, 0.15) is 0 Å². The van der Waals surface area contributed by atoms with Crippen LogP contribution >= 0.6 is 0 Å². The van der Waals surface area contributed by atoms with E-state index in [0.29, 0.717) is 0 Å². The van der Waals surface area contributed by atoms with E-state index in [2.05, 4.69) is 0 Å². The molecule has 0 aromatic rings. The van der Waals surface area contributed by atoms with Crippen molar-refractivity contribution < 1.29 is 54.3 Å². The SMILES string of the molecule is [Cl-].[Cl-].[Cl-].[Cu]. The van der Waals surface area contributed by atoms with Crippen LogP contribution in [0.25, 0.3) is 0 Å². The van der Waals surface area contributed by atoms with Crippen LogP contribution in [-0.4, -0.2) is 0 Å². The molecule has 0 spiro atoms. The van der Waals surface area contributed by atoms with Crippen LogP contribution in [0.1, 0.15) is 0 Å². The molecule has 0 aromatic heterocycles. The Labute approximate surface area is 54.4 Å². The minimum atomic E-state index is 0. The van der Waals surface area contributed by atoms with Crippen LogP contribution in [0.4, 0.5) is 0 Å². The summed E-state index contributed by atoms with van der Waals surface area (Å²) in [6, 6.07) is 0. The van der Waals surface area contributed by atoms with Crippen molar-refractivity contribution in [3.63, 3.8) is 0 Å². The first-order chi connectivity index (χ1) is 0. The molecule has 4 heavy (non-hydrogen) atoms.